The Bertz CT molecular complexity index is 1330. The fourth-order valence-electron chi connectivity index (χ4n) is 4.82. The minimum atomic E-state index is -0.104. The first kappa shape index (κ1) is 26.3. The van der Waals surface area contributed by atoms with Crippen LogP contribution in [0.25, 0.3) is 16.6 Å². The van der Waals surface area contributed by atoms with Crippen molar-refractivity contribution in [1.29, 1.82) is 0 Å². The van der Waals surface area contributed by atoms with Crippen molar-refractivity contribution in [1.82, 2.24) is 9.55 Å². The number of aryl methyl sites for hydroxylation is 1. The summed E-state index contributed by atoms with van der Waals surface area (Å²) in [6, 6.07) is 11.4. The minimum Gasteiger partial charge on any atom is -0.341 e. The third kappa shape index (κ3) is 7.39. The van der Waals surface area contributed by atoms with Gasteiger partial charge in [-0.05, 0) is 43.5 Å². The molecule has 0 amide bonds. The number of ketones is 1. The summed E-state index contributed by atoms with van der Waals surface area (Å²) in [6.07, 6.45) is 25.8. The second kappa shape index (κ2) is 13.5. The van der Waals surface area contributed by atoms with E-state index >= 15 is 0 Å². The van der Waals surface area contributed by atoms with Gasteiger partial charge in [-0.25, -0.2) is 0 Å². The summed E-state index contributed by atoms with van der Waals surface area (Å²) in [5, 5.41) is 3.94. The Hall–Kier alpha value is -3.73. The number of hydrogen-bond donors (Lipinski definition) is 1. The number of fused-ring (bicyclic) bond motifs is 1. The van der Waals surface area contributed by atoms with E-state index in [9.17, 15) is 9.59 Å². The zero-order chi connectivity index (χ0) is 25.9. The fraction of sp³-hybridized carbons (Fsp3) is 0.344. The van der Waals surface area contributed by atoms with Crippen LogP contribution >= 0.6 is 0 Å². The number of para-hydroxylation sites is 1. The first-order valence-electron chi connectivity index (χ1n) is 13.5. The SMILES string of the molecule is C1CCCCCC1.CC(=O)CCc1cncc2c(=O)cc(Nc3ccccc3)n(C3=CCC=CC=C3)c12. The van der Waals surface area contributed by atoms with Crippen LogP contribution < -0.4 is 10.7 Å². The number of carbonyl (C=O) groups excluding carboxylic acids is 1. The second-order valence-corrected chi connectivity index (χ2v) is 9.74. The van der Waals surface area contributed by atoms with Gasteiger partial charge in [-0.3, -0.25) is 14.3 Å². The molecule has 37 heavy (non-hydrogen) atoms. The molecule has 5 rings (SSSR count). The van der Waals surface area contributed by atoms with E-state index < -0.39 is 0 Å². The largest absolute Gasteiger partial charge is 0.341 e. The molecule has 1 N–H and O–H groups in total. The Morgan fingerprint density at radius 1 is 0.973 bits per heavy atom. The van der Waals surface area contributed by atoms with E-state index in [1.54, 1.807) is 25.4 Å². The summed E-state index contributed by atoms with van der Waals surface area (Å²) < 4.78 is 2.06. The highest BCUT2D eigenvalue weighted by Gasteiger charge is 2.16. The molecule has 2 aliphatic carbocycles. The molecule has 0 radical (unpaired) electrons. The van der Waals surface area contributed by atoms with Crippen LogP contribution in [0.2, 0.25) is 0 Å². The van der Waals surface area contributed by atoms with Gasteiger partial charge in [0.15, 0.2) is 5.43 Å². The van der Waals surface area contributed by atoms with Crippen molar-refractivity contribution in [3.8, 4) is 0 Å². The van der Waals surface area contributed by atoms with Gasteiger partial charge in [0.05, 0.1) is 10.9 Å². The number of benzene rings is 1. The van der Waals surface area contributed by atoms with Gasteiger partial charge in [-0.15, -0.1) is 0 Å². The molecule has 0 unspecified atom stereocenters. The van der Waals surface area contributed by atoms with Crippen molar-refractivity contribution in [2.24, 2.45) is 0 Å². The van der Waals surface area contributed by atoms with Crippen LogP contribution in [0.15, 0.2) is 84.0 Å². The van der Waals surface area contributed by atoms with Crippen molar-refractivity contribution < 1.29 is 4.79 Å². The van der Waals surface area contributed by atoms with Crippen LogP contribution in [0.3, 0.4) is 0 Å². The Morgan fingerprint density at radius 2 is 1.68 bits per heavy atom. The highest BCUT2D eigenvalue weighted by Crippen LogP contribution is 2.28. The van der Waals surface area contributed by atoms with Crippen LogP contribution in [0.1, 0.15) is 70.3 Å². The van der Waals surface area contributed by atoms with Gasteiger partial charge >= 0.3 is 0 Å². The van der Waals surface area contributed by atoms with Crippen LogP contribution in [0.4, 0.5) is 11.5 Å². The van der Waals surface area contributed by atoms with Crippen LogP contribution in [-0.2, 0) is 11.2 Å². The van der Waals surface area contributed by atoms with Crippen molar-refractivity contribution in [3.05, 3.63) is 95.0 Å². The zero-order valence-corrected chi connectivity index (χ0v) is 21.8. The molecule has 1 aromatic carbocycles. The van der Waals surface area contributed by atoms with E-state index in [0.717, 1.165) is 28.9 Å². The summed E-state index contributed by atoms with van der Waals surface area (Å²) in [4.78, 5) is 28.9. The van der Waals surface area contributed by atoms with E-state index in [-0.39, 0.29) is 11.2 Å². The zero-order valence-electron chi connectivity index (χ0n) is 21.8. The molecule has 0 spiro atoms. The predicted octanol–water partition coefficient (Wildman–Crippen LogP) is 7.75. The predicted molar refractivity (Wildman–Crippen MR) is 154 cm³/mol. The molecule has 192 valence electrons. The van der Waals surface area contributed by atoms with E-state index in [4.69, 9.17) is 0 Å². The van der Waals surface area contributed by atoms with Crippen LogP contribution in [-0.4, -0.2) is 15.3 Å². The Balaban J connectivity index is 0.000000396. The van der Waals surface area contributed by atoms with E-state index in [2.05, 4.69) is 27.0 Å². The molecule has 0 bridgehead atoms. The molecule has 0 atom stereocenters. The van der Waals surface area contributed by atoms with E-state index in [1.807, 2.05) is 48.6 Å². The molecule has 2 heterocycles. The number of rotatable bonds is 6. The lowest BCUT2D eigenvalue weighted by Crippen LogP contribution is -2.15. The highest BCUT2D eigenvalue weighted by atomic mass is 16.1. The molecule has 5 heteroatoms. The molecule has 0 aliphatic heterocycles. The molecular formula is C32H37N3O2. The van der Waals surface area contributed by atoms with Crippen molar-refractivity contribution >= 4 is 33.9 Å². The van der Waals surface area contributed by atoms with Gasteiger partial charge in [0.25, 0.3) is 0 Å². The third-order valence-corrected chi connectivity index (χ3v) is 6.77. The monoisotopic (exact) mass is 495 g/mol. The molecule has 0 saturated heterocycles. The minimum absolute atomic E-state index is 0.104. The fourth-order valence-corrected chi connectivity index (χ4v) is 4.82. The first-order chi connectivity index (χ1) is 18.1. The molecule has 2 aliphatic rings. The van der Waals surface area contributed by atoms with Crippen molar-refractivity contribution in [2.45, 2.75) is 71.1 Å². The number of allylic oxidation sites excluding steroid dienone is 6. The first-order valence-corrected chi connectivity index (χ1v) is 13.5. The summed E-state index contributed by atoms with van der Waals surface area (Å²) >= 11 is 0. The second-order valence-electron chi connectivity index (χ2n) is 9.74. The van der Waals surface area contributed by atoms with Gasteiger partial charge in [-0.1, -0.05) is 87.4 Å². The lowest BCUT2D eigenvalue weighted by Gasteiger charge is -2.21. The number of nitrogens with one attached hydrogen (secondary N) is 1. The maximum atomic E-state index is 13.0. The average molecular weight is 496 g/mol. The lowest BCUT2D eigenvalue weighted by molar-refractivity contribution is -0.116. The molecule has 5 nitrogen and oxygen atoms in total. The molecule has 1 saturated carbocycles. The van der Waals surface area contributed by atoms with Gasteiger partial charge < -0.3 is 10.1 Å². The quantitative estimate of drug-likeness (QED) is 0.355. The number of aromatic nitrogens is 2. The third-order valence-electron chi connectivity index (χ3n) is 6.77. The normalized spacial score (nSPS) is 15.2. The summed E-state index contributed by atoms with van der Waals surface area (Å²) in [5.41, 5.74) is 3.41. The highest BCUT2D eigenvalue weighted by molar-refractivity contribution is 5.89. The smallest absolute Gasteiger partial charge is 0.193 e. The van der Waals surface area contributed by atoms with Crippen LogP contribution in [0.5, 0.6) is 0 Å². The Labute approximate surface area is 219 Å². The summed E-state index contributed by atoms with van der Waals surface area (Å²) in [6.45, 7) is 1.58. The number of Topliss-reactive ketones (excluding diaryl/α,β-unsaturated/α-hetero) is 1. The van der Waals surface area contributed by atoms with E-state index in [1.165, 1.54) is 44.9 Å². The Kier molecular flexibility index (Phi) is 9.64. The van der Waals surface area contributed by atoms with Crippen molar-refractivity contribution in [2.75, 3.05) is 5.32 Å². The standard InChI is InChI=1S/C25H23N3O2.C7H14/c1-18(29)13-14-19-16-26-17-22-23(30)15-24(27-20-9-5-4-6-10-20)28(25(19)22)21-11-7-2-3-8-12-21;1-2-4-6-7-5-3-1/h2-7,9-12,15-17,27H,8,13-14H2,1H3;1-7H2. The van der Waals surface area contributed by atoms with E-state index in [0.29, 0.717) is 24.0 Å². The summed E-state index contributed by atoms with van der Waals surface area (Å²) in [5.74, 6) is 0.781. The van der Waals surface area contributed by atoms with Gasteiger partial charge in [0.2, 0.25) is 0 Å². The van der Waals surface area contributed by atoms with Gasteiger partial charge in [0, 0.05) is 36.3 Å². The van der Waals surface area contributed by atoms with Crippen LogP contribution in [0, 0.1) is 0 Å². The van der Waals surface area contributed by atoms with Gasteiger partial charge in [0.1, 0.15) is 11.6 Å². The topological polar surface area (TPSA) is 64.0 Å². The molecular weight excluding hydrogens is 458 g/mol. The number of nitrogens with zero attached hydrogens (tertiary/aromatic N) is 2. The number of pyridine rings is 2. The molecule has 1 fully saturated rings. The van der Waals surface area contributed by atoms with Crippen molar-refractivity contribution in [3.63, 3.8) is 0 Å². The Morgan fingerprint density at radius 3 is 2.35 bits per heavy atom. The maximum absolute atomic E-state index is 13.0. The average Bonchev–Trinajstić information content (AvgIpc) is 3.37. The number of carbonyl (C=O) groups is 1. The molecule has 2 aromatic heterocycles. The maximum Gasteiger partial charge on any atom is 0.193 e. The summed E-state index contributed by atoms with van der Waals surface area (Å²) in [7, 11) is 0. The molecule has 3 aromatic rings. The lowest BCUT2D eigenvalue weighted by atomic mass is 10.1. The number of anilines is 2. The number of hydrogen-bond acceptors (Lipinski definition) is 4. The van der Waals surface area contributed by atoms with Gasteiger partial charge in [-0.2, -0.15) is 0 Å².